The Kier molecular flexibility index (Phi) is 5.83. The van der Waals surface area contributed by atoms with Crippen LogP contribution in [0.25, 0.3) is 0 Å². The van der Waals surface area contributed by atoms with Gasteiger partial charge in [0.1, 0.15) is 6.10 Å². The number of hydrogen-bond acceptors (Lipinski definition) is 4. The first-order chi connectivity index (χ1) is 9.75. The largest absolute Gasteiger partial charge is 0.442 e. The second kappa shape index (κ2) is 7.87. The highest BCUT2D eigenvalue weighted by molar-refractivity contribution is 5.65. The number of hydrogen-bond donors (Lipinski definition) is 2. The van der Waals surface area contributed by atoms with E-state index in [-0.39, 0.29) is 6.10 Å². The molecule has 1 aliphatic heterocycles. The van der Waals surface area contributed by atoms with Crippen molar-refractivity contribution < 1.29 is 9.53 Å². The Bertz CT molecular complexity index is 405. The minimum atomic E-state index is -0.707. The molecule has 1 saturated heterocycles. The number of benzene rings is 1. The Balaban J connectivity index is 1.83. The lowest BCUT2D eigenvalue weighted by atomic mass is 10.0. The summed E-state index contributed by atoms with van der Waals surface area (Å²) < 4.78 is 5.23. The zero-order valence-corrected chi connectivity index (χ0v) is 11.8. The number of nitrogens with one attached hydrogen (secondary N) is 1. The van der Waals surface area contributed by atoms with Gasteiger partial charge in [-0.25, -0.2) is 4.79 Å². The molecule has 1 fully saturated rings. The molecule has 1 unspecified atom stereocenters. The zero-order valence-electron chi connectivity index (χ0n) is 11.8. The summed E-state index contributed by atoms with van der Waals surface area (Å²) in [5, 5.41) is 3.34. The van der Waals surface area contributed by atoms with Gasteiger partial charge in [0.25, 0.3) is 0 Å². The van der Waals surface area contributed by atoms with E-state index in [1.54, 1.807) is 0 Å². The maximum Gasteiger partial charge on any atom is 0.405 e. The summed E-state index contributed by atoms with van der Waals surface area (Å²) in [6, 6.07) is 9.79. The first kappa shape index (κ1) is 14.8. The molecule has 1 aliphatic rings. The van der Waals surface area contributed by atoms with Crippen molar-refractivity contribution in [1.82, 2.24) is 10.2 Å². The maximum atomic E-state index is 11.0. The van der Waals surface area contributed by atoms with Crippen LogP contribution in [0, 0.1) is 0 Å². The normalized spacial score (nSPS) is 17.6. The van der Waals surface area contributed by atoms with Crippen molar-refractivity contribution in [3.8, 4) is 0 Å². The molecule has 1 atom stereocenters. The minimum Gasteiger partial charge on any atom is -0.442 e. The van der Waals surface area contributed by atoms with Gasteiger partial charge < -0.3 is 20.7 Å². The third-order valence-corrected chi connectivity index (χ3v) is 3.58. The molecule has 0 spiro atoms. The summed E-state index contributed by atoms with van der Waals surface area (Å²) in [7, 11) is 0. The molecule has 110 valence electrons. The predicted octanol–water partition coefficient (Wildman–Crippen LogP) is 1.51. The van der Waals surface area contributed by atoms with Gasteiger partial charge in [-0.2, -0.15) is 0 Å². The van der Waals surface area contributed by atoms with Crippen LogP contribution in [0.3, 0.4) is 0 Å². The van der Waals surface area contributed by atoms with E-state index in [1.165, 1.54) is 0 Å². The lowest BCUT2D eigenvalue weighted by Crippen LogP contribution is -2.43. The molecule has 5 heteroatoms. The SMILES string of the molecule is NC(=O)OC(CCCN1CCNCC1)c1ccccc1. The molecule has 0 radical (unpaired) electrons. The highest BCUT2D eigenvalue weighted by Crippen LogP contribution is 2.22. The Morgan fingerprint density at radius 3 is 2.65 bits per heavy atom. The summed E-state index contributed by atoms with van der Waals surface area (Å²) in [5.74, 6) is 0. The number of carbonyl (C=O) groups excluding carboxylic acids is 1. The van der Waals surface area contributed by atoms with Crippen molar-refractivity contribution in [2.75, 3.05) is 32.7 Å². The van der Waals surface area contributed by atoms with Crippen molar-refractivity contribution in [2.24, 2.45) is 5.73 Å². The number of nitrogens with two attached hydrogens (primary N) is 1. The smallest absolute Gasteiger partial charge is 0.405 e. The van der Waals surface area contributed by atoms with Gasteiger partial charge in [-0.1, -0.05) is 30.3 Å². The van der Waals surface area contributed by atoms with Crippen LogP contribution >= 0.6 is 0 Å². The summed E-state index contributed by atoms with van der Waals surface area (Å²) in [5.41, 5.74) is 6.17. The minimum absolute atomic E-state index is 0.239. The molecule has 0 aliphatic carbocycles. The molecule has 0 aromatic heterocycles. The summed E-state index contributed by atoms with van der Waals surface area (Å²) in [6.45, 7) is 5.33. The second-order valence-corrected chi connectivity index (χ2v) is 5.07. The summed E-state index contributed by atoms with van der Waals surface area (Å²) in [6.07, 6.45) is 0.849. The van der Waals surface area contributed by atoms with E-state index in [0.29, 0.717) is 0 Å². The fourth-order valence-corrected chi connectivity index (χ4v) is 2.54. The van der Waals surface area contributed by atoms with E-state index < -0.39 is 6.09 Å². The van der Waals surface area contributed by atoms with E-state index in [2.05, 4.69) is 10.2 Å². The van der Waals surface area contributed by atoms with E-state index in [9.17, 15) is 4.79 Å². The molecule has 2 rings (SSSR count). The van der Waals surface area contributed by atoms with Gasteiger partial charge in [0.15, 0.2) is 0 Å². The molecule has 3 N–H and O–H groups in total. The third kappa shape index (κ3) is 4.83. The van der Waals surface area contributed by atoms with Crippen molar-refractivity contribution in [3.05, 3.63) is 35.9 Å². The van der Waals surface area contributed by atoms with Crippen LogP contribution < -0.4 is 11.1 Å². The molecule has 5 nitrogen and oxygen atoms in total. The first-order valence-electron chi connectivity index (χ1n) is 7.20. The van der Waals surface area contributed by atoms with Gasteiger partial charge in [-0.15, -0.1) is 0 Å². The molecule has 1 heterocycles. The Morgan fingerprint density at radius 1 is 1.30 bits per heavy atom. The summed E-state index contributed by atoms with van der Waals surface area (Å²) >= 11 is 0. The fraction of sp³-hybridized carbons (Fsp3) is 0.533. The Labute approximate surface area is 120 Å². The third-order valence-electron chi connectivity index (χ3n) is 3.58. The molecular formula is C15H23N3O2. The van der Waals surface area contributed by atoms with Gasteiger partial charge >= 0.3 is 6.09 Å². The van der Waals surface area contributed by atoms with Crippen molar-refractivity contribution >= 4 is 6.09 Å². The van der Waals surface area contributed by atoms with Crippen LogP contribution in [0.2, 0.25) is 0 Å². The molecule has 1 amide bonds. The van der Waals surface area contributed by atoms with Gasteiger partial charge in [-0.3, -0.25) is 0 Å². The molecule has 0 bridgehead atoms. The molecule has 0 saturated carbocycles. The van der Waals surface area contributed by atoms with Crippen LogP contribution in [0.4, 0.5) is 4.79 Å². The molecular weight excluding hydrogens is 254 g/mol. The van der Waals surface area contributed by atoms with E-state index in [0.717, 1.165) is 51.1 Å². The van der Waals surface area contributed by atoms with Gasteiger partial charge in [-0.05, 0) is 24.9 Å². The average molecular weight is 277 g/mol. The highest BCUT2D eigenvalue weighted by Gasteiger charge is 2.16. The second-order valence-electron chi connectivity index (χ2n) is 5.07. The lowest BCUT2D eigenvalue weighted by Gasteiger charge is -2.27. The van der Waals surface area contributed by atoms with Crippen LogP contribution in [-0.4, -0.2) is 43.7 Å². The summed E-state index contributed by atoms with van der Waals surface area (Å²) in [4.78, 5) is 13.5. The number of amides is 1. The van der Waals surface area contributed by atoms with Crippen LogP contribution in [0.1, 0.15) is 24.5 Å². The highest BCUT2D eigenvalue weighted by atomic mass is 16.6. The van der Waals surface area contributed by atoms with Gasteiger partial charge in [0.2, 0.25) is 0 Å². The standard InChI is InChI=1S/C15H23N3O2/c16-15(19)20-14(13-5-2-1-3-6-13)7-4-10-18-11-8-17-9-12-18/h1-3,5-6,14,17H,4,7-12H2,(H2,16,19). The van der Waals surface area contributed by atoms with Crippen LogP contribution in [0.15, 0.2) is 30.3 Å². The van der Waals surface area contributed by atoms with Crippen molar-refractivity contribution in [3.63, 3.8) is 0 Å². The lowest BCUT2D eigenvalue weighted by molar-refractivity contribution is 0.0966. The fourth-order valence-electron chi connectivity index (χ4n) is 2.54. The van der Waals surface area contributed by atoms with Crippen molar-refractivity contribution in [1.29, 1.82) is 0 Å². The first-order valence-corrected chi connectivity index (χ1v) is 7.20. The topological polar surface area (TPSA) is 67.6 Å². The van der Waals surface area contributed by atoms with E-state index in [4.69, 9.17) is 10.5 Å². The maximum absolute atomic E-state index is 11.0. The van der Waals surface area contributed by atoms with Crippen molar-refractivity contribution in [2.45, 2.75) is 18.9 Å². The molecule has 20 heavy (non-hydrogen) atoms. The Morgan fingerprint density at radius 2 is 2.00 bits per heavy atom. The van der Waals surface area contributed by atoms with E-state index >= 15 is 0 Å². The van der Waals surface area contributed by atoms with Gasteiger partial charge in [0.05, 0.1) is 0 Å². The number of carbonyl (C=O) groups is 1. The Hall–Kier alpha value is -1.59. The molecule has 1 aromatic carbocycles. The number of ether oxygens (including phenoxy) is 1. The average Bonchev–Trinajstić information content (AvgIpc) is 2.48. The predicted molar refractivity (Wildman–Crippen MR) is 78.4 cm³/mol. The quantitative estimate of drug-likeness (QED) is 0.827. The van der Waals surface area contributed by atoms with E-state index in [1.807, 2.05) is 30.3 Å². The van der Waals surface area contributed by atoms with Gasteiger partial charge in [0, 0.05) is 26.2 Å². The number of rotatable bonds is 6. The monoisotopic (exact) mass is 277 g/mol. The van der Waals surface area contributed by atoms with Crippen LogP contribution in [0.5, 0.6) is 0 Å². The number of nitrogens with zero attached hydrogens (tertiary/aromatic N) is 1. The number of piperazine rings is 1. The van der Waals surface area contributed by atoms with Crippen LogP contribution in [-0.2, 0) is 4.74 Å². The molecule has 1 aromatic rings. The number of primary amides is 1. The zero-order chi connectivity index (χ0) is 14.2.